The molecule has 2 heterocycles. The lowest BCUT2D eigenvalue weighted by molar-refractivity contribution is -0.133. The number of nitrogens with zero attached hydrogens (tertiary/aromatic N) is 4. The van der Waals surface area contributed by atoms with Crippen LogP contribution < -0.4 is 5.32 Å². The van der Waals surface area contributed by atoms with E-state index in [1.54, 1.807) is 24.0 Å². The highest BCUT2D eigenvalue weighted by Gasteiger charge is 2.24. The van der Waals surface area contributed by atoms with E-state index < -0.39 is 11.9 Å². The SMILES string of the molecule is CC(NC(=O)c1nnc2ccccc2n1)C(=O)N1CCCCC1. The number of fused-ring (bicyclic) bond motifs is 1. The molecule has 1 atom stereocenters. The van der Waals surface area contributed by atoms with Crippen LogP contribution in [0.4, 0.5) is 0 Å². The van der Waals surface area contributed by atoms with E-state index in [1.165, 1.54) is 0 Å². The molecule has 1 aromatic heterocycles. The van der Waals surface area contributed by atoms with Gasteiger partial charge < -0.3 is 10.2 Å². The standard InChI is InChI=1S/C16H19N5O2/c1-11(16(23)21-9-5-2-6-10-21)17-15(22)14-18-12-7-3-4-8-13(12)19-20-14/h3-4,7-8,11H,2,5-6,9-10H2,1H3,(H,17,22). The summed E-state index contributed by atoms with van der Waals surface area (Å²) in [5, 5.41) is 10.5. The average Bonchev–Trinajstić information content (AvgIpc) is 2.61. The number of piperidine rings is 1. The second-order valence-electron chi connectivity index (χ2n) is 5.71. The molecular weight excluding hydrogens is 294 g/mol. The summed E-state index contributed by atoms with van der Waals surface area (Å²) in [7, 11) is 0. The van der Waals surface area contributed by atoms with Crippen LogP contribution >= 0.6 is 0 Å². The van der Waals surface area contributed by atoms with Crippen molar-refractivity contribution in [3.05, 3.63) is 30.1 Å². The Morgan fingerprint density at radius 1 is 1.09 bits per heavy atom. The Hall–Kier alpha value is -2.57. The molecular formula is C16H19N5O2. The van der Waals surface area contributed by atoms with E-state index in [9.17, 15) is 9.59 Å². The van der Waals surface area contributed by atoms with Gasteiger partial charge in [0.1, 0.15) is 11.6 Å². The maximum atomic E-state index is 12.3. The first-order valence-corrected chi connectivity index (χ1v) is 7.84. The number of hydrogen-bond donors (Lipinski definition) is 1. The van der Waals surface area contributed by atoms with Gasteiger partial charge in [-0.05, 0) is 38.3 Å². The summed E-state index contributed by atoms with van der Waals surface area (Å²) in [5.74, 6) is -0.574. The number of hydrogen-bond acceptors (Lipinski definition) is 5. The molecule has 23 heavy (non-hydrogen) atoms. The first-order chi connectivity index (χ1) is 11.1. The molecule has 1 aromatic carbocycles. The zero-order valence-electron chi connectivity index (χ0n) is 13.0. The van der Waals surface area contributed by atoms with Gasteiger partial charge in [-0.1, -0.05) is 12.1 Å². The van der Waals surface area contributed by atoms with Gasteiger partial charge in [-0.2, -0.15) is 0 Å². The van der Waals surface area contributed by atoms with Crippen molar-refractivity contribution in [2.75, 3.05) is 13.1 Å². The van der Waals surface area contributed by atoms with Crippen LogP contribution in [-0.4, -0.2) is 51.0 Å². The molecule has 1 aliphatic rings. The van der Waals surface area contributed by atoms with Crippen LogP contribution in [0.15, 0.2) is 24.3 Å². The molecule has 7 heteroatoms. The third-order valence-corrected chi connectivity index (χ3v) is 3.95. The molecule has 2 aromatic rings. The largest absolute Gasteiger partial charge is 0.341 e. The number of amides is 2. The molecule has 0 saturated carbocycles. The van der Waals surface area contributed by atoms with Gasteiger partial charge in [0.15, 0.2) is 0 Å². The molecule has 1 saturated heterocycles. The fourth-order valence-corrected chi connectivity index (χ4v) is 2.69. The number of para-hydroxylation sites is 1. The van der Waals surface area contributed by atoms with Crippen molar-refractivity contribution in [1.82, 2.24) is 25.4 Å². The molecule has 120 valence electrons. The Bertz CT molecular complexity index is 727. The molecule has 1 fully saturated rings. The fourth-order valence-electron chi connectivity index (χ4n) is 2.69. The van der Waals surface area contributed by atoms with Crippen molar-refractivity contribution in [2.45, 2.75) is 32.2 Å². The van der Waals surface area contributed by atoms with Gasteiger partial charge in [-0.15, -0.1) is 10.2 Å². The van der Waals surface area contributed by atoms with Crippen LogP contribution in [0.5, 0.6) is 0 Å². The third kappa shape index (κ3) is 3.44. The molecule has 0 spiro atoms. The Labute approximate surface area is 134 Å². The first-order valence-electron chi connectivity index (χ1n) is 7.84. The van der Waals surface area contributed by atoms with Gasteiger partial charge in [0.2, 0.25) is 11.7 Å². The Balaban J connectivity index is 1.68. The Morgan fingerprint density at radius 3 is 2.52 bits per heavy atom. The molecule has 2 amide bonds. The van der Waals surface area contributed by atoms with Crippen molar-refractivity contribution in [1.29, 1.82) is 0 Å². The van der Waals surface area contributed by atoms with E-state index in [2.05, 4.69) is 20.5 Å². The lowest BCUT2D eigenvalue weighted by Crippen LogP contribution is -2.48. The fraction of sp³-hybridized carbons (Fsp3) is 0.438. The highest BCUT2D eigenvalue weighted by atomic mass is 16.2. The lowest BCUT2D eigenvalue weighted by atomic mass is 10.1. The number of carbonyl (C=O) groups is 2. The molecule has 1 N–H and O–H groups in total. The highest BCUT2D eigenvalue weighted by molar-refractivity contribution is 5.95. The normalized spacial score (nSPS) is 16.1. The van der Waals surface area contributed by atoms with Gasteiger partial charge >= 0.3 is 0 Å². The summed E-state index contributed by atoms with van der Waals surface area (Å²) in [6.07, 6.45) is 3.19. The molecule has 1 aliphatic heterocycles. The number of aromatic nitrogens is 3. The average molecular weight is 313 g/mol. The van der Waals surface area contributed by atoms with Gasteiger partial charge in [0.05, 0.1) is 5.52 Å². The number of benzene rings is 1. The first kappa shape index (κ1) is 15.3. The van der Waals surface area contributed by atoms with E-state index in [0.29, 0.717) is 11.0 Å². The molecule has 7 nitrogen and oxygen atoms in total. The van der Waals surface area contributed by atoms with E-state index in [4.69, 9.17) is 0 Å². The number of likely N-dealkylation sites (tertiary alicyclic amines) is 1. The zero-order chi connectivity index (χ0) is 16.2. The Morgan fingerprint density at radius 2 is 1.78 bits per heavy atom. The summed E-state index contributed by atoms with van der Waals surface area (Å²) in [4.78, 5) is 30.6. The van der Waals surface area contributed by atoms with Crippen molar-refractivity contribution in [2.24, 2.45) is 0 Å². The summed E-state index contributed by atoms with van der Waals surface area (Å²) in [5.41, 5.74) is 1.23. The van der Waals surface area contributed by atoms with Gasteiger partial charge in [-0.3, -0.25) is 9.59 Å². The topological polar surface area (TPSA) is 88.1 Å². The quantitative estimate of drug-likeness (QED) is 0.918. The van der Waals surface area contributed by atoms with Crippen molar-refractivity contribution < 1.29 is 9.59 Å². The van der Waals surface area contributed by atoms with Crippen molar-refractivity contribution >= 4 is 22.8 Å². The maximum absolute atomic E-state index is 12.3. The third-order valence-electron chi connectivity index (χ3n) is 3.95. The lowest BCUT2D eigenvalue weighted by Gasteiger charge is -2.29. The van der Waals surface area contributed by atoms with E-state index in [1.807, 2.05) is 12.1 Å². The monoisotopic (exact) mass is 313 g/mol. The summed E-state index contributed by atoms with van der Waals surface area (Å²) >= 11 is 0. The molecule has 0 radical (unpaired) electrons. The molecule has 0 bridgehead atoms. The predicted octanol–water partition coefficient (Wildman–Crippen LogP) is 1.16. The summed E-state index contributed by atoms with van der Waals surface area (Å²) < 4.78 is 0. The minimum atomic E-state index is -0.601. The van der Waals surface area contributed by atoms with Gasteiger partial charge in [0, 0.05) is 13.1 Å². The summed E-state index contributed by atoms with van der Waals surface area (Å²) in [6.45, 7) is 3.20. The van der Waals surface area contributed by atoms with Gasteiger partial charge in [0.25, 0.3) is 5.91 Å². The molecule has 1 unspecified atom stereocenters. The number of rotatable bonds is 3. The van der Waals surface area contributed by atoms with Crippen LogP contribution in [-0.2, 0) is 4.79 Å². The number of carbonyl (C=O) groups excluding carboxylic acids is 2. The van der Waals surface area contributed by atoms with E-state index in [0.717, 1.165) is 32.4 Å². The summed E-state index contributed by atoms with van der Waals surface area (Å²) in [6, 6.07) is 6.59. The van der Waals surface area contributed by atoms with E-state index >= 15 is 0 Å². The molecule has 3 rings (SSSR count). The van der Waals surface area contributed by atoms with Crippen molar-refractivity contribution in [3.63, 3.8) is 0 Å². The smallest absolute Gasteiger partial charge is 0.291 e. The second-order valence-corrected chi connectivity index (χ2v) is 5.71. The van der Waals surface area contributed by atoms with Crippen LogP contribution in [0.1, 0.15) is 36.8 Å². The van der Waals surface area contributed by atoms with Gasteiger partial charge in [-0.25, -0.2) is 4.98 Å². The van der Waals surface area contributed by atoms with Crippen LogP contribution in [0.25, 0.3) is 11.0 Å². The van der Waals surface area contributed by atoms with Crippen LogP contribution in [0.3, 0.4) is 0 Å². The van der Waals surface area contributed by atoms with Crippen LogP contribution in [0.2, 0.25) is 0 Å². The van der Waals surface area contributed by atoms with E-state index in [-0.39, 0.29) is 11.7 Å². The van der Waals surface area contributed by atoms with Crippen molar-refractivity contribution in [3.8, 4) is 0 Å². The Kier molecular flexibility index (Phi) is 4.45. The highest BCUT2D eigenvalue weighted by Crippen LogP contribution is 2.10. The maximum Gasteiger partial charge on any atom is 0.291 e. The number of nitrogens with one attached hydrogen (secondary N) is 1. The second kappa shape index (κ2) is 6.68. The molecule has 0 aliphatic carbocycles. The van der Waals surface area contributed by atoms with Crippen LogP contribution in [0, 0.1) is 0 Å². The minimum Gasteiger partial charge on any atom is -0.341 e. The minimum absolute atomic E-state index is 0.0259. The zero-order valence-corrected chi connectivity index (χ0v) is 13.0. The predicted molar refractivity (Wildman–Crippen MR) is 84.7 cm³/mol.